The van der Waals surface area contributed by atoms with Gasteiger partial charge in [0.05, 0.1) is 0 Å². The van der Waals surface area contributed by atoms with Crippen LogP contribution in [0.1, 0.15) is 46.0 Å². The number of unbranched alkanes of at least 4 members (excludes halogenated alkanes) is 1. The molecule has 5 nitrogen and oxygen atoms in total. The molecule has 148 valence electrons. The number of hydrogen-bond acceptors (Lipinski definition) is 3. The highest BCUT2D eigenvalue weighted by Gasteiger charge is 2.49. The summed E-state index contributed by atoms with van der Waals surface area (Å²) in [4.78, 5) is 25.3. The molecule has 1 saturated carbocycles. The number of rotatable bonds is 9. The fourth-order valence-electron chi connectivity index (χ4n) is 3.96. The Morgan fingerprint density at radius 3 is 2.63 bits per heavy atom. The van der Waals surface area contributed by atoms with Crippen molar-refractivity contribution in [3.05, 3.63) is 43.0 Å². The Morgan fingerprint density at radius 1 is 1.26 bits per heavy atom. The molecule has 5 heteroatoms. The van der Waals surface area contributed by atoms with Crippen LogP contribution in [0.3, 0.4) is 0 Å². The van der Waals surface area contributed by atoms with Gasteiger partial charge in [-0.05, 0) is 43.7 Å². The Morgan fingerprint density at radius 2 is 2.00 bits per heavy atom. The first-order valence-electron chi connectivity index (χ1n) is 10.00. The lowest BCUT2D eigenvalue weighted by molar-refractivity contribution is -0.137. The van der Waals surface area contributed by atoms with Crippen LogP contribution in [0.15, 0.2) is 43.0 Å². The van der Waals surface area contributed by atoms with E-state index in [-0.39, 0.29) is 23.7 Å². The first-order chi connectivity index (χ1) is 13.0. The maximum atomic E-state index is 13.2. The van der Waals surface area contributed by atoms with Crippen LogP contribution in [0.25, 0.3) is 0 Å². The van der Waals surface area contributed by atoms with Crippen LogP contribution in [-0.2, 0) is 9.59 Å². The Bertz CT molecular complexity index is 632. The molecule has 3 atom stereocenters. The summed E-state index contributed by atoms with van der Waals surface area (Å²) < 4.78 is 0. The monoisotopic (exact) mass is 371 g/mol. The van der Waals surface area contributed by atoms with Crippen molar-refractivity contribution < 1.29 is 9.59 Å². The van der Waals surface area contributed by atoms with Crippen molar-refractivity contribution >= 4 is 17.5 Å². The minimum absolute atomic E-state index is 0.0134. The van der Waals surface area contributed by atoms with Gasteiger partial charge < -0.3 is 16.0 Å². The van der Waals surface area contributed by atoms with Gasteiger partial charge in [0, 0.05) is 31.6 Å². The number of carbonyl (C=O) groups is 2. The molecule has 1 aliphatic rings. The molecule has 1 aromatic rings. The van der Waals surface area contributed by atoms with E-state index in [2.05, 4.69) is 29.5 Å². The number of nitrogens with one attached hydrogen (secondary N) is 3. The fraction of sp³-hybridized carbons (Fsp3) is 0.545. The highest BCUT2D eigenvalue weighted by Crippen LogP contribution is 2.38. The van der Waals surface area contributed by atoms with Crippen LogP contribution in [-0.4, -0.2) is 30.4 Å². The first kappa shape index (κ1) is 21.0. The van der Waals surface area contributed by atoms with Gasteiger partial charge in [-0.15, -0.1) is 6.58 Å². The number of amides is 2. The second-order valence-electron chi connectivity index (χ2n) is 7.48. The largest absolute Gasteiger partial charge is 0.385 e. The van der Waals surface area contributed by atoms with Gasteiger partial charge in [-0.3, -0.25) is 9.59 Å². The molecule has 0 aliphatic heterocycles. The third-order valence-corrected chi connectivity index (χ3v) is 5.45. The summed E-state index contributed by atoms with van der Waals surface area (Å²) in [5.74, 6) is -0.00573. The second kappa shape index (κ2) is 10.1. The van der Waals surface area contributed by atoms with Crippen LogP contribution >= 0.6 is 0 Å². The van der Waals surface area contributed by atoms with E-state index >= 15 is 0 Å². The van der Waals surface area contributed by atoms with E-state index in [1.165, 1.54) is 6.92 Å². The van der Waals surface area contributed by atoms with Gasteiger partial charge in [-0.1, -0.05) is 37.6 Å². The van der Waals surface area contributed by atoms with Crippen molar-refractivity contribution in [1.82, 2.24) is 10.6 Å². The zero-order valence-corrected chi connectivity index (χ0v) is 16.6. The molecule has 0 bridgehead atoms. The zero-order valence-electron chi connectivity index (χ0n) is 16.6. The maximum Gasteiger partial charge on any atom is 0.246 e. The molecule has 0 heterocycles. The van der Waals surface area contributed by atoms with Crippen molar-refractivity contribution in [3.8, 4) is 0 Å². The van der Waals surface area contributed by atoms with E-state index in [4.69, 9.17) is 0 Å². The van der Waals surface area contributed by atoms with Crippen molar-refractivity contribution in [3.63, 3.8) is 0 Å². The maximum absolute atomic E-state index is 13.2. The molecular weight excluding hydrogens is 338 g/mol. The molecule has 2 amide bonds. The predicted molar refractivity (Wildman–Crippen MR) is 110 cm³/mol. The molecule has 2 rings (SSSR count). The van der Waals surface area contributed by atoms with Gasteiger partial charge in [-0.2, -0.15) is 0 Å². The summed E-state index contributed by atoms with van der Waals surface area (Å²) in [6.07, 6.45) is 6.29. The van der Waals surface area contributed by atoms with Gasteiger partial charge in [0.2, 0.25) is 11.8 Å². The fourth-order valence-corrected chi connectivity index (χ4v) is 3.96. The lowest BCUT2D eigenvalue weighted by Crippen LogP contribution is -2.66. The SMILES string of the molecule is C=C[C@@H]1CC[C@@H](CNc2ccccc2)[C@@](NC(C)=O)(C(=O)NCCCC)C1. The summed E-state index contributed by atoms with van der Waals surface area (Å²) in [5.41, 5.74) is 0.116. The number of hydrogen-bond donors (Lipinski definition) is 3. The average molecular weight is 372 g/mol. The molecule has 1 aromatic carbocycles. The zero-order chi connectivity index (χ0) is 19.7. The summed E-state index contributed by atoms with van der Waals surface area (Å²) in [5, 5.41) is 9.53. The average Bonchev–Trinajstić information content (AvgIpc) is 2.67. The number of allylic oxidation sites excluding steroid dienone is 1. The predicted octanol–water partition coefficient (Wildman–Crippen LogP) is 3.49. The number of anilines is 1. The number of para-hydroxylation sites is 1. The van der Waals surface area contributed by atoms with Crippen LogP contribution in [0.2, 0.25) is 0 Å². The minimum atomic E-state index is -0.904. The van der Waals surface area contributed by atoms with Crippen molar-refractivity contribution in [1.29, 1.82) is 0 Å². The van der Waals surface area contributed by atoms with Crippen molar-refractivity contribution in [2.45, 2.75) is 51.5 Å². The molecule has 0 spiro atoms. The molecule has 1 aliphatic carbocycles. The lowest BCUT2D eigenvalue weighted by atomic mass is 9.67. The van der Waals surface area contributed by atoms with Crippen molar-refractivity contribution in [2.75, 3.05) is 18.4 Å². The number of carbonyl (C=O) groups excluding carboxylic acids is 2. The second-order valence-corrected chi connectivity index (χ2v) is 7.48. The van der Waals surface area contributed by atoms with Gasteiger partial charge >= 0.3 is 0 Å². The lowest BCUT2D eigenvalue weighted by Gasteiger charge is -2.45. The normalized spacial score (nSPS) is 24.7. The highest BCUT2D eigenvalue weighted by atomic mass is 16.2. The van der Waals surface area contributed by atoms with Gasteiger partial charge in [0.15, 0.2) is 0 Å². The van der Waals surface area contributed by atoms with E-state index in [1.807, 2.05) is 36.4 Å². The van der Waals surface area contributed by atoms with E-state index in [0.29, 0.717) is 19.5 Å². The Hall–Kier alpha value is -2.30. The minimum Gasteiger partial charge on any atom is -0.385 e. The molecule has 0 radical (unpaired) electrons. The Labute approximate surface area is 163 Å². The molecule has 0 saturated heterocycles. The van der Waals surface area contributed by atoms with Gasteiger partial charge in [-0.25, -0.2) is 0 Å². The smallest absolute Gasteiger partial charge is 0.246 e. The molecular formula is C22H33N3O2. The Balaban J connectivity index is 2.23. The van der Waals surface area contributed by atoms with Gasteiger partial charge in [0.1, 0.15) is 5.54 Å². The quantitative estimate of drug-likeness (QED) is 0.460. The van der Waals surface area contributed by atoms with Crippen LogP contribution in [0.5, 0.6) is 0 Å². The molecule has 0 unspecified atom stereocenters. The number of benzene rings is 1. The molecule has 0 aromatic heterocycles. The van der Waals surface area contributed by atoms with Crippen molar-refractivity contribution in [2.24, 2.45) is 11.8 Å². The summed E-state index contributed by atoms with van der Waals surface area (Å²) in [6.45, 7) is 8.77. The van der Waals surface area contributed by atoms with E-state index in [1.54, 1.807) is 0 Å². The summed E-state index contributed by atoms with van der Waals surface area (Å²) in [7, 11) is 0. The third-order valence-electron chi connectivity index (χ3n) is 5.45. The Kier molecular flexibility index (Phi) is 7.89. The summed E-state index contributed by atoms with van der Waals surface area (Å²) >= 11 is 0. The summed E-state index contributed by atoms with van der Waals surface area (Å²) in [6, 6.07) is 9.96. The van der Waals surface area contributed by atoms with E-state index < -0.39 is 5.54 Å². The topological polar surface area (TPSA) is 70.2 Å². The van der Waals surface area contributed by atoms with E-state index in [0.717, 1.165) is 31.4 Å². The molecule has 3 N–H and O–H groups in total. The molecule has 1 fully saturated rings. The highest BCUT2D eigenvalue weighted by molar-refractivity contribution is 5.91. The van der Waals surface area contributed by atoms with Crippen LogP contribution in [0, 0.1) is 11.8 Å². The molecule has 27 heavy (non-hydrogen) atoms. The van der Waals surface area contributed by atoms with Crippen LogP contribution in [0.4, 0.5) is 5.69 Å². The van der Waals surface area contributed by atoms with Gasteiger partial charge in [0.25, 0.3) is 0 Å². The standard InChI is InChI=1S/C22H33N3O2/c1-4-6-14-23-21(27)22(25-17(3)26)15-18(5-2)12-13-19(22)16-24-20-10-8-7-9-11-20/h5,7-11,18-19,24H,2,4,6,12-16H2,1,3H3,(H,23,27)(H,25,26)/t18-,19+,22-/m1/s1. The third kappa shape index (κ3) is 5.59. The van der Waals surface area contributed by atoms with E-state index in [9.17, 15) is 9.59 Å². The first-order valence-corrected chi connectivity index (χ1v) is 10.00. The van der Waals surface area contributed by atoms with Crippen LogP contribution < -0.4 is 16.0 Å².